The number of hydrogen-bond donors (Lipinski definition) is 0. The first-order chi connectivity index (χ1) is 18.2. The fourth-order valence-corrected chi connectivity index (χ4v) is 6.05. The Morgan fingerprint density at radius 3 is 2.30 bits per heavy atom. The average Bonchev–Trinajstić information content (AvgIpc) is 3.63. The molecule has 2 atom stereocenters. The van der Waals surface area contributed by atoms with E-state index in [1.54, 1.807) is 4.90 Å². The third-order valence-electron chi connectivity index (χ3n) is 7.94. The van der Waals surface area contributed by atoms with Crippen LogP contribution >= 0.6 is 0 Å². The van der Waals surface area contributed by atoms with Crippen molar-refractivity contribution in [1.29, 1.82) is 0 Å². The lowest BCUT2D eigenvalue weighted by Gasteiger charge is -2.34. The lowest BCUT2D eigenvalue weighted by molar-refractivity contribution is 0.0854. The standard InChI is InChI=1S/C31H29N5O/c1-34-30(37)28-29(36-26-14-8-13-25(26)32-31(34)36)33-27(35(28)20-22-9-4-2-5-10-22)19-21-15-17-24(18-16-21)23-11-6-3-7-12-23/h2-7,9-12,15-18,25-26H,8,13-14,19-20H2,1H3. The quantitative estimate of drug-likeness (QED) is 0.380. The molecule has 3 aromatic carbocycles. The minimum Gasteiger partial charge on any atom is -0.317 e. The van der Waals surface area contributed by atoms with E-state index in [0.717, 1.165) is 36.0 Å². The molecule has 1 fully saturated rings. The molecule has 0 spiro atoms. The van der Waals surface area contributed by atoms with Crippen molar-refractivity contribution < 1.29 is 4.79 Å². The second-order valence-corrected chi connectivity index (χ2v) is 10.2. The molecular formula is C31H29N5O. The summed E-state index contributed by atoms with van der Waals surface area (Å²) in [6.07, 6.45) is 3.98. The third-order valence-corrected chi connectivity index (χ3v) is 7.94. The zero-order valence-corrected chi connectivity index (χ0v) is 20.9. The Bertz CT molecular complexity index is 1490. The van der Waals surface area contributed by atoms with Crippen LogP contribution in [0.4, 0.5) is 5.82 Å². The number of aliphatic imine (C=N–C) groups is 1. The van der Waals surface area contributed by atoms with Crippen molar-refractivity contribution in [1.82, 2.24) is 14.5 Å². The maximum atomic E-state index is 13.7. The highest BCUT2D eigenvalue weighted by Gasteiger charge is 2.49. The van der Waals surface area contributed by atoms with Gasteiger partial charge in [0.05, 0.1) is 12.1 Å². The van der Waals surface area contributed by atoms with E-state index >= 15 is 0 Å². The van der Waals surface area contributed by atoms with Gasteiger partial charge < -0.3 is 4.57 Å². The van der Waals surface area contributed by atoms with Gasteiger partial charge in [-0.1, -0.05) is 84.9 Å². The molecule has 0 saturated heterocycles. The molecule has 184 valence electrons. The number of nitrogens with zero attached hydrogens (tertiary/aromatic N) is 5. The number of rotatable bonds is 5. The van der Waals surface area contributed by atoms with E-state index < -0.39 is 0 Å². The third kappa shape index (κ3) is 3.67. The van der Waals surface area contributed by atoms with Crippen LogP contribution in [0.25, 0.3) is 11.1 Å². The average molecular weight is 488 g/mol. The molecule has 0 bridgehead atoms. The highest BCUT2D eigenvalue weighted by atomic mass is 16.2. The Morgan fingerprint density at radius 2 is 1.54 bits per heavy atom. The molecule has 0 N–H and O–H groups in total. The lowest BCUT2D eigenvalue weighted by Crippen LogP contribution is -2.51. The van der Waals surface area contributed by atoms with Crippen molar-refractivity contribution in [3.05, 3.63) is 108 Å². The van der Waals surface area contributed by atoms with Gasteiger partial charge in [-0.15, -0.1) is 0 Å². The summed E-state index contributed by atoms with van der Waals surface area (Å²) < 4.78 is 2.13. The van der Waals surface area contributed by atoms with Crippen molar-refractivity contribution in [3.63, 3.8) is 0 Å². The van der Waals surface area contributed by atoms with Crippen LogP contribution in [-0.2, 0) is 13.0 Å². The molecule has 1 amide bonds. The van der Waals surface area contributed by atoms with Gasteiger partial charge >= 0.3 is 0 Å². The van der Waals surface area contributed by atoms with Crippen LogP contribution in [0, 0.1) is 0 Å². The van der Waals surface area contributed by atoms with Crippen molar-refractivity contribution in [2.75, 3.05) is 11.9 Å². The molecule has 1 saturated carbocycles. The first kappa shape index (κ1) is 22.0. The number of carbonyl (C=O) groups excluding carboxylic acids is 1. The molecule has 7 rings (SSSR count). The molecule has 1 aromatic heterocycles. The number of aromatic nitrogens is 2. The lowest BCUT2D eigenvalue weighted by atomic mass is 10.0. The smallest absolute Gasteiger partial charge is 0.280 e. The first-order valence-corrected chi connectivity index (χ1v) is 13.1. The van der Waals surface area contributed by atoms with Crippen LogP contribution in [0.5, 0.6) is 0 Å². The summed E-state index contributed by atoms with van der Waals surface area (Å²) in [6, 6.07) is 30.0. The van der Waals surface area contributed by atoms with Crippen molar-refractivity contribution >= 4 is 17.7 Å². The molecule has 3 aliphatic rings. The van der Waals surface area contributed by atoms with Crippen LogP contribution < -0.4 is 4.90 Å². The number of carbonyl (C=O) groups is 1. The van der Waals surface area contributed by atoms with Crippen molar-refractivity contribution in [3.8, 4) is 11.1 Å². The minimum atomic E-state index is -0.0286. The summed E-state index contributed by atoms with van der Waals surface area (Å²) in [5.41, 5.74) is 5.40. The molecule has 37 heavy (non-hydrogen) atoms. The van der Waals surface area contributed by atoms with Crippen LogP contribution in [0.15, 0.2) is 89.9 Å². The normalized spacial score (nSPS) is 20.0. The summed E-state index contributed by atoms with van der Waals surface area (Å²) >= 11 is 0. The fraction of sp³-hybridized carbons (Fsp3) is 0.258. The van der Waals surface area contributed by atoms with Gasteiger partial charge in [0.15, 0.2) is 11.5 Å². The minimum absolute atomic E-state index is 0.0286. The zero-order valence-electron chi connectivity index (χ0n) is 20.9. The van der Waals surface area contributed by atoms with Gasteiger partial charge in [-0.25, -0.2) is 9.98 Å². The van der Waals surface area contributed by atoms with Gasteiger partial charge in [-0.3, -0.25) is 14.6 Å². The molecule has 1 aliphatic carbocycles. The summed E-state index contributed by atoms with van der Waals surface area (Å²) in [5, 5.41) is 0. The van der Waals surface area contributed by atoms with Gasteiger partial charge in [-0.2, -0.15) is 0 Å². The van der Waals surface area contributed by atoms with Crippen LogP contribution in [0.3, 0.4) is 0 Å². The van der Waals surface area contributed by atoms with E-state index in [4.69, 9.17) is 9.98 Å². The van der Waals surface area contributed by atoms with Gasteiger partial charge in [0, 0.05) is 20.0 Å². The van der Waals surface area contributed by atoms with Gasteiger partial charge in [0.25, 0.3) is 5.91 Å². The number of anilines is 1. The molecule has 2 aliphatic heterocycles. The van der Waals surface area contributed by atoms with Crippen LogP contribution in [0.2, 0.25) is 0 Å². The maximum Gasteiger partial charge on any atom is 0.280 e. The summed E-state index contributed by atoms with van der Waals surface area (Å²) in [7, 11) is 1.85. The van der Waals surface area contributed by atoms with E-state index in [1.165, 1.54) is 23.1 Å². The summed E-state index contributed by atoms with van der Waals surface area (Å²) in [5.74, 6) is 2.42. The molecule has 6 heteroatoms. The second-order valence-electron chi connectivity index (χ2n) is 10.2. The Morgan fingerprint density at radius 1 is 0.838 bits per heavy atom. The Kier molecular flexibility index (Phi) is 5.20. The maximum absolute atomic E-state index is 13.7. The highest BCUT2D eigenvalue weighted by Crippen LogP contribution is 2.41. The predicted molar refractivity (Wildman–Crippen MR) is 146 cm³/mol. The predicted octanol–water partition coefficient (Wildman–Crippen LogP) is 5.37. The van der Waals surface area contributed by atoms with E-state index in [1.807, 2.05) is 31.3 Å². The van der Waals surface area contributed by atoms with Gasteiger partial charge in [-0.05, 0) is 41.5 Å². The zero-order chi connectivity index (χ0) is 24.9. The number of guanidine groups is 1. The first-order valence-electron chi connectivity index (χ1n) is 13.1. The number of hydrogen-bond acceptors (Lipinski definition) is 4. The highest BCUT2D eigenvalue weighted by molar-refractivity contribution is 6.18. The Labute approximate surface area is 216 Å². The Hall–Kier alpha value is -4.19. The number of fused-ring (bicyclic) bond motifs is 5. The number of benzene rings is 3. The molecule has 3 heterocycles. The molecule has 4 aromatic rings. The topological polar surface area (TPSA) is 53.7 Å². The van der Waals surface area contributed by atoms with E-state index in [0.29, 0.717) is 24.7 Å². The second kappa shape index (κ2) is 8.73. The monoisotopic (exact) mass is 487 g/mol. The fourth-order valence-electron chi connectivity index (χ4n) is 6.05. The molecule has 0 radical (unpaired) electrons. The largest absolute Gasteiger partial charge is 0.317 e. The van der Waals surface area contributed by atoms with Gasteiger partial charge in [0.2, 0.25) is 5.96 Å². The van der Waals surface area contributed by atoms with E-state index in [2.05, 4.69) is 70.1 Å². The molecule has 6 nitrogen and oxygen atoms in total. The molecular weight excluding hydrogens is 458 g/mol. The van der Waals surface area contributed by atoms with Crippen LogP contribution in [0.1, 0.15) is 46.7 Å². The van der Waals surface area contributed by atoms with Crippen LogP contribution in [-0.4, -0.2) is 45.4 Å². The van der Waals surface area contributed by atoms with Crippen molar-refractivity contribution in [2.45, 2.75) is 44.3 Å². The summed E-state index contributed by atoms with van der Waals surface area (Å²) in [4.78, 5) is 27.8. The number of imidazole rings is 1. The number of amides is 1. The molecule has 2 unspecified atom stereocenters. The Balaban J connectivity index is 1.30. The summed E-state index contributed by atoms with van der Waals surface area (Å²) in [6.45, 7) is 0.606. The van der Waals surface area contributed by atoms with Crippen molar-refractivity contribution in [2.24, 2.45) is 4.99 Å². The van der Waals surface area contributed by atoms with E-state index in [9.17, 15) is 4.79 Å². The van der Waals surface area contributed by atoms with Gasteiger partial charge in [0.1, 0.15) is 5.82 Å². The SMILES string of the molecule is CN1C(=O)c2c(nc(Cc3ccc(-c4ccccc4)cc3)n2Cc2ccccc2)N2C1=NC1CCCC12. The van der Waals surface area contributed by atoms with E-state index in [-0.39, 0.29) is 11.9 Å².